The quantitative estimate of drug-likeness (QED) is 0.693. The molecule has 94 valence electrons. The number of hydrogen-bond acceptors (Lipinski definition) is 4. The van der Waals surface area contributed by atoms with Crippen molar-refractivity contribution in [1.29, 1.82) is 0 Å². The number of carbonyl (C=O) groups excluding carboxylic acids is 1. The lowest BCUT2D eigenvalue weighted by Crippen LogP contribution is -2.17. The summed E-state index contributed by atoms with van der Waals surface area (Å²) in [6, 6.07) is 2.98. The van der Waals surface area contributed by atoms with E-state index >= 15 is 0 Å². The number of nitrogens with one attached hydrogen (secondary N) is 1. The molecule has 1 unspecified atom stereocenters. The molecule has 0 radical (unpaired) electrons. The van der Waals surface area contributed by atoms with E-state index in [1.165, 1.54) is 12.1 Å². The Labute approximate surface area is 107 Å². The second-order valence-corrected chi connectivity index (χ2v) is 5.46. The van der Waals surface area contributed by atoms with E-state index in [2.05, 4.69) is 5.32 Å². The van der Waals surface area contributed by atoms with Crippen LogP contribution >= 0.6 is 11.6 Å². The molecule has 1 atom stereocenters. The van der Waals surface area contributed by atoms with Gasteiger partial charge >= 0.3 is 0 Å². The van der Waals surface area contributed by atoms with Gasteiger partial charge in [0.2, 0.25) is 0 Å². The molecule has 1 aromatic rings. The first-order valence-electron chi connectivity index (χ1n) is 4.84. The monoisotopic (exact) mass is 275 g/mol. The second-order valence-electron chi connectivity index (χ2n) is 3.49. The standard InChI is InChI=1S/C10H14ClN3O2S/c1-17(16)3-2-14-9-7(10(13)15)4-6(12)5-8(9)11/h4-5,14H,2-3,12H2,1H3,(H2,13,15). The number of benzene rings is 1. The van der Waals surface area contributed by atoms with Crippen LogP contribution in [0, 0.1) is 0 Å². The number of amides is 1. The van der Waals surface area contributed by atoms with Crippen molar-refractivity contribution >= 4 is 39.7 Å². The summed E-state index contributed by atoms with van der Waals surface area (Å²) in [5, 5.41) is 3.26. The minimum Gasteiger partial charge on any atom is -0.399 e. The van der Waals surface area contributed by atoms with Gasteiger partial charge in [0.25, 0.3) is 5.91 Å². The highest BCUT2D eigenvalue weighted by atomic mass is 35.5. The summed E-state index contributed by atoms with van der Waals surface area (Å²) in [6.07, 6.45) is 1.60. The maximum absolute atomic E-state index is 11.2. The Bertz CT molecular complexity index is 465. The Morgan fingerprint density at radius 2 is 2.18 bits per heavy atom. The highest BCUT2D eigenvalue weighted by molar-refractivity contribution is 7.84. The van der Waals surface area contributed by atoms with E-state index in [0.717, 1.165) is 0 Å². The predicted molar refractivity (Wildman–Crippen MR) is 71.8 cm³/mol. The van der Waals surface area contributed by atoms with Crippen molar-refractivity contribution in [3.63, 3.8) is 0 Å². The van der Waals surface area contributed by atoms with Crippen LogP contribution in [0.5, 0.6) is 0 Å². The van der Waals surface area contributed by atoms with Crippen LogP contribution in [0.3, 0.4) is 0 Å². The van der Waals surface area contributed by atoms with Crippen LogP contribution in [0.2, 0.25) is 5.02 Å². The molecule has 1 rings (SSSR count). The third-order valence-corrected chi connectivity index (χ3v) is 3.15. The molecule has 0 aliphatic heterocycles. The predicted octanol–water partition coefficient (Wildman–Crippen LogP) is 0.812. The minimum absolute atomic E-state index is 0.233. The molecule has 0 aliphatic carbocycles. The maximum atomic E-state index is 11.2. The molecular formula is C10H14ClN3O2S. The van der Waals surface area contributed by atoms with Crippen LogP contribution in [-0.2, 0) is 10.8 Å². The van der Waals surface area contributed by atoms with E-state index in [0.29, 0.717) is 28.7 Å². The summed E-state index contributed by atoms with van der Waals surface area (Å²) in [5.41, 5.74) is 11.8. The Kier molecular flexibility index (Phi) is 4.77. The van der Waals surface area contributed by atoms with Gasteiger partial charge in [-0.2, -0.15) is 0 Å². The van der Waals surface area contributed by atoms with Crippen molar-refractivity contribution in [3.05, 3.63) is 22.7 Å². The molecule has 0 saturated heterocycles. The average molecular weight is 276 g/mol. The largest absolute Gasteiger partial charge is 0.399 e. The van der Waals surface area contributed by atoms with E-state index in [9.17, 15) is 9.00 Å². The highest BCUT2D eigenvalue weighted by Crippen LogP contribution is 2.28. The molecule has 5 N–H and O–H groups in total. The smallest absolute Gasteiger partial charge is 0.250 e. The number of halogens is 1. The van der Waals surface area contributed by atoms with Gasteiger partial charge in [-0.05, 0) is 12.1 Å². The molecule has 0 spiro atoms. The first-order chi connectivity index (χ1) is 7.91. The molecular weight excluding hydrogens is 262 g/mol. The number of rotatable bonds is 5. The molecule has 0 aromatic heterocycles. The Balaban J connectivity index is 2.96. The number of anilines is 2. The number of carbonyl (C=O) groups is 1. The SMILES string of the molecule is CS(=O)CCNc1c(Cl)cc(N)cc1C(N)=O. The van der Waals surface area contributed by atoms with Crippen LogP contribution in [0.25, 0.3) is 0 Å². The van der Waals surface area contributed by atoms with Crippen LogP contribution in [0.4, 0.5) is 11.4 Å². The molecule has 5 nitrogen and oxygen atoms in total. The van der Waals surface area contributed by atoms with Gasteiger partial charge in [-0.1, -0.05) is 11.6 Å². The van der Waals surface area contributed by atoms with E-state index in [4.69, 9.17) is 23.1 Å². The third kappa shape index (κ3) is 3.90. The first-order valence-corrected chi connectivity index (χ1v) is 6.95. The van der Waals surface area contributed by atoms with Crippen molar-refractivity contribution in [2.24, 2.45) is 5.73 Å². The Hall–Kier alpha value is -1.27. The van der Waals surface area contributed by atoms with Crippen LogP contribution in [-0.4, -0.2) is 28.7 Å². The van der Waals surface area contributed by atoms with Crippen LogP contribution in [0.1, 0.15) is 10.4 Å². The molecule has 1 amide bonds. The summed E-state index contributed by atoms with van der Waals surface area (Å²) in [4.78, 5) is 11.2. The molecule has 0 saturated carbocycles. The number of hydrogen-bond donors (Lipinski definition) is 3. The lowest BCUT2D eigenvalue weighted by atomic mass is 10.1. The first kappa shape index (κ1) is 13.8. The second kappa shape index (κ2) is 5.88. The molecule has 0 fully saturated rings. The van der Waals surface area contributed by atoms with Gasteiger partial charge in [0.05, 0.1) is 16.3 Å². The molecule has 0 bridgehead atoms. The molecule has 17 heavy (non-hydrogen) atoms. The van der Waals surface area contributed by atoms with Crippen molar-refractivity contribution in [3.8, 4) is 0 Å². The zero-order chi connectivity index (χ0) is 13.0. The summed E-state index contributed by atoms with van der Waals surface area (Å²) in [7, 11) is -0.914. The summed E-state index contributed by atoms with van der Waals surface area (Å²) in [6.45, 7) is 0.438. The molecule has 0 aliphatic rings. The Morgan fingerprint density at radius 1 is 1.53 bits per heavy atom. The van der Waals surface area contributed by atoms with E-state index in [1.54, 1.807) is 6.26 Å². The average Bonchev–Trinajstić information content (AvgIpc) is 2.19. The van der Waals surface area contributed by atoms with E-state index in [-0.39, 0.29) is 5.56 Å². The number of nitrogens with two attached hydrogens (primary N) is 2. The van der Waals surface area contributed by atoms with Gasteiger partial charge in [0.15, 0.2) is 0 Å². The minimum atomic E-state index is -0.914. The van der Waals surface area contributed by atoms with Crippen molar-refractivity contribution in [2.75, 3.05) is 29.6 Å². The van der Waals surface area contributed by atoms with Crippen molar-refractivity contribution in [2.45, 2.75) is 0 Å². The fraction of sp³-hybridized carbons (Fsp3) is 0.300. The summed E-state index contributed by atoms with van der Waals surface area (Å²) in [5.74, 6) is -0.154. The lowest BCUT2D eigenvalue weighted by molar-refractivity contribution is 0.100. The molecule has 0 heterocycles. The fourth-order valence-corrected chi connectivity index (χ4v) is 2.01. The highest BCUT2D eigenvalue weighted by Gasteiger charge is 2.12. The summed E-state index contributed by atoms with van der Waals surface area (Å²) >= 11 is 5.97. The fourth-order valence-electron chi connectivity index (χ4n) is 1.32. The van der Waals surface area contributed by atoms with Crippen LogP contribution in [0.15, 0.2) is 12.1 Å². The maximum Gasteiger partial charge on any atom is 0.250 e. The number of primary amides is 1. The molecule has 1 aromatic carbocycles. The topological polar surface area (TPSA) is 98.2 Å². The van der Waals surface area contributed by atoms with Gasteiger partial charge < -0.3 is 16.8 Å². The third-order valence-electron chi connectivity index (χ3n) is 2.07. The zero-order valence-electron chi connectivity index (χ0n) is 9.33. The van der Waals surface area contributed by atoms with E-state index < -0.39 is 16.7 Å². The zero-order valence-corrected chi connectivity index (χ0v) is 10.9. The van der Waals surface area contributed by atoms with Gasteiger partial charge in [-0.25, -0.2) is 0 Å². The summed E-state index contributed by atoms with van der Waals surface area (Å²) < 4.78 is 10.9. The Morgan fingerprint density at radius 3 is 2.71 bits per heavy atom. The van der Waals surface area contributed by atoms with Gasteiger partial charge in [0, 0.05) is 35.0 Å². The van der Waals surface area contributed by atoms with E-state index in [1.807, 2.05) is 0 Å². The van der Waals surface area contributed by atoms with Gasteiger partial charge in [-0.3, -0.25) is 9.00 Å². The van der Waals surface area contributed by atoms with Crippen molar-refractivity contribution in [1.82, 2.24) is 0 Å². The lowest BCUT2D eigenvalue weighted by Gasteiger charge is -2.12. The molecule has 7 heteroatoms. The van der Waals surface area contributed by atoms with Crippen molar-refractivity contribution < 1.29 is 9.00 Å². The normalized spacial score (nSPS) is 12.1. The van der Waals surface area contributed by atoms with Crippen LogP contribution < -0.4 is 16.8 Å². The number of nitrogen functional groups attached to an aromatic ring is 1. The van der Waals surface area contributed by atoms with Gasteiger partial charge in [-0.15, -0.1) is 0 Å². The van der Waals surface area contributed by atoms with Gasteiger partial charge in [0.1, 0.15) is 0 Å².